The van der Waals surface area contributed by atoms with Crippen molar-refractivity contribution in [3.05, 3.63) is 29.6 Å². The van der Waals surface area contributed by atoms with Crippen LogP contribution in [0.4, 0.5) is 9.18 Å². The van der Waals surface area contributed by atoms with Crippen LogP contribution in [0.1, 0.15) is 39.2 Å². The molecule has 1 aromatic carbocycles. The first-order valence-corrected chi connectivity index (χ1v) is 9.36. The molecule has 2 heterocycles. The largest absolute Gasteiger partial charge is 0.467 e. The number of methoxy groups -OCH3 is 1. The fraction of sp³-hybridized carbons (Fsp3) is 0.650. The lowest BCUT2D eigenvalue weighted by Gasteiger charge is -2.51. The van der Waals surface area contributed by atoms with E-state index in [2.05, 4.69) is 0 Å². The number of rotatable bonds is 4. The fourth-order valence-electron chi connectivity index (χ4n) is 3.90. The fourth-order valence-corrected chi connectivity index (χ4v) is 3.90. The number of hydrogen-bond donors (Lipinski definition) is 1. The van der Waals surface area contributed by atoms with Crippen molar-refractivity contribution >= 4 is 6.09 Å². The third-order valence-corrected chi connectivity index (χ3v) is 4.94. The second-order valence-electron chi connectivity index (χ2n) is 8.37. The Labute approximate surface area is 164 Å². The molecule has 0 spiro atoms. The molecule has 2 aliphatic heterocycles. The molecule has 3 rings (SSSR count). The first-order chi connectivity index (χ1) is 13.1. The van der Waals surface area contributed by atoms with E-state index in [4.69, 9.17) is 18.9 Å². The van der Waals surface area contributed by atoms with Gasteiger partial charge in [-0.15, -0.1) is 0 Å². The summed E-state index contributed by atoms with van der Waals surface area (Å²) in [5, 5.41) is 11.3. The topological polar surface area (TPSA) is 77.5 Å². The predicted molar refractivity (Wildman–Crippen MR) is 98.5 cm³/mol. The zero-order valence-corrected chi connectivity index (χ0v) is 16.7. The first-order valence-electron chi connectivity index (χ1n) is 9.36. The lowest BCUT2D eigenvalue weighted by atomic mass is 9.76. The summed E-state index contributed by atoms with van der Waals surface area (Å²) < 4.78 is 35.9. The van der Waals surface area contributed by atoms with Crippen molar-refractivity contribution in [2.24, 2.45) is 0 Å². The van der Waals surface area contributed by atoms with Crippen molar-refractivity contribution in [3.63, 3.8) is 0 Å². The third kappa shape index (κ3) is 4.39. The van der Waals surface area contributed by atoms with E-state index < -0.39 is 35.2 Å². The summed E-state index contributed by atoms with van der Waals surface area (Å²) in [5.74, 6) is -0.234. The third-order valence-electron chi connectivity index (χ3n) is 4.94. The van der Waals surface area contributed by atoms with Crippen molar-refractivity contribution in [2.45, 2.75) is 56.9 Å². The van der Waals surface area contributed by atoms with Gasteiger partial charge in [0.25, 0.3) is 0 Å². The Morgan fingerprint density at radius 3 is 2.50 bits per heavy atom. The van der Waals surface area contributed by atoms with Gasteiger partial charge in [-0.1, -0.05) is 0 Å². The molecule has 1 N–H and O–H groups in total. The molecule has 156 valence electrons. The highest BCUT2D eigenvalue weighted by atomic mass is 19.1. The van der Waals surface area contributed by atoms with E-state index in [0.29, 0.717) is 5.75 Å². The molecule has 0 aliphatic carbocycles. The van der Waals surface area contributed by atoms with E-state index >= 15 is 0 Å². The predicted octanol–water partition coefficient (Wildman–Crippen LogP) is 2.79. The molecule has 2 aliphatic rings. The Hall–Kier alpha value is -1.90. The maximum Gasteiger partial charge on any atom is 0.410 e. The van der Waals surface area contributed by atoms with E-state index in [1.54, 1.807) is 31.7 Å². The van der Waals surface area contributed by atoms with Gasteiger partial charge in [-0.25, -0.2) is 9.18 Å². The van der Waals surface area contributed by atoms with Gasteiger partial charge in [0, 0.05) is 31.6 Å². The number of nitrogens with zero attached hydrogens (tertiary/aromatic N) is 1. The highest BCUT2D eigenvalue weighted by Crippen LogP contribution is 2.42. The molecule has 7 nitrogen and oxygen atoms in total. The smallest absolute Gasteiger partial charge is 0.410 e. The molecule has 2 saturated heterocycles. The minimum absolute atomic E-state index is 0.00932. The normalized spacial score (nSPS) is 27.4. The lowest BCUT2D eigenvalue weighted by molar-refractivity contribution is -0.142. The maximum atomic E-state index is 14.7. The quantitative estimate of drug-likeness (QED) is 0.788. The number of fused-ring (bicyclic) bond motifs is 2. The van der Waals surface area contributed by atoms with Gasteiger partial charge in [-0.05, 0) is 32.9 Å². The number of carbonyl (C=O) groups is 1. The summed E-state index contributed by atoms with van der Waals surface area (Å²) in [6, 6.07) is 3.58. The van der Waals surface area contributed by atoms with Crippen LogP contribution in [0.2, 0.25) is 0 Å². The number of morpholine rings is 1. The van der Waals surface area contributed by atoms with Crippen molar-refractivity contribution in [2.75, 3.05) is 27.1 Å². The summed E-state index contributed by atoms with van der Waals surface area (Å²) in [7, 11) is 1.48. The molecule has 2 bridgehead atoms. The van der Waals surface area contributed by atoms with Gasteiger partial charge < -0.3 is 24.1 Å². The lowest BCUT2D eigenvalue weighted by Crippen LogP contribution is -2.63. The monoisotopic (exact) mass is 397 g/mol. The van der Waals surface area contributed by atoms with E-state index in [-0.39, 0.29) is 38.4 Å². The van der Waals surface area contributed by atoms with Gasteiger partial charge in [0.15, 0.2) is 6.79 Å². The van der Waals surface area contributed by atoms with Crippen LogP contribution in [0.5, 0.6) is 5.75 Å². The van der Waals surface area contributed by atoms with Crippen LogP contribution in [-0.2, 0) is 19.8 Å². The molecular formula is C20H28FNO6. The van der Waals surface area contributed by atoms with Crippen LogP contribution in [0.3, 0.4) is 0 Å². The van der Waals surface area contributed by atoms with Gasteiger partial charge in [0.2, 0.25) is 0 Å². The number of aliphatic hydroxyl groups is 1. The maximum absolute atomic E-state index is 14.7. The van der Waals surface area contributed by atoms with Gasteiger partial charge in [-0.2, -0.15) is 0 Å². The number of benzene rings is 1. The van der Waals surface area contributed by atoms with E-state index in [1.165, 1.54) is 19.2 Å². The van der Waals surface area contributed by atoms with E-state index in [0.717, 1.165) is 0 Å². The highest BCUT2D eigenvalue weighted by Gasteiger charge is 2.50. The highest BCUT2D eigenvalue weighted by molar-refractivity contribution is 5.69. The van der Waals surface area contributed by atoms with Crippen LogP contribution >= 0.6 is 0 Å². The average Bonchev–Trinajstić information content (AvgIpc) is 2.57. The van der Waals surface area contributed by atoms with Gasteiger partial charge >= 0.3 is 6.09 Å². The summed E-state index contributed by atoms with van der Waals surface area (Å²) in [5.41, 5.74) is -1.83. The molecule has 2 atom stereocenters. The molecule has 28 heavy (non-hydrogen) atoms. The number of piperidine rings is 1. The van der Waals surface area contributed by atoms with Crippen LogP contribution in [0.15, 0.2) is 18.2 Å². The van der Waals surface area contributed by atoms with Crippen LogP contribution in [0.25, 0.3) is 0 Å². The molecule has 2 unspecified atom stereocenters. The number of hydrogen-bond acceptors (Lipinski definition) is 6. The Bertz CT molecular complexity index is 705. The molecule has 1 aromatic rings. The van der Waals surface area contributed by atoms with Gasteiger partial charge in [-0.3, -0.25) is 4.90 Å². The van der Waals surface area contributed by atoms with Crippen molar-refractivity contribution in [1.82, 2.24) is 4.90 Å². The van der Waals surface area contributed by atoms with Gasteiger partial charge in [0.1, 0.15) is 17.2 Å². The average molecular weight is 397 g/mol. The molecule has 8 heteroatoms. The van der Waals surface area contributed by atoms with Gasteiger partial charge in [0.05, 0.1) is 30.9 Å². The number of carbonyl (C=O) groups excluding carboxylic acids is 1. The summed E-state index contributed by atoms with van der Waals surface area (Å²) in [6.07, 6.45) is -0.104. The molecule has 0 radical (unpaired) electrons. The van der Waals surface area contributed by atoms with Crippen molar-refractivity contribution in [1.29, 1.82) is 0 Å². The Balaban J connectivity index is 1.81. The van der Waals surface area contributed by atoms with Crippen molar-refractivity contribution in [3.8, 4) is 5.75 Å². The number of amides is 1. The van der Waals surface area contributed by atoms with Crippen LogP contribution in [0, 0.1) is 5.82 Å². The second kappa shape index (κ2) is 7.85. The zero-order chi connectivity index (χ0) is 20.5. The Morgan fingerprint density at radius 2 is 1.96 bits per heavy atom. The van der Waals surface area contributed by atoms with Crippen LogP contribution in [-0.4, -0.2) is 60.9 Å². The number of halogens is 1. The molecule has 0 saturated carbocycles. The summed E-state index contributed by atoms with van der Waals surface area (Å²) >= 11 is 0. The minimum atomic E-state index is -1.40. The molecule has 1 amide bonds. The summed E-state index contributed by atoms with van der Waals surface area (Å²) in [4.78, 5) is 14.3. The first kappa shape index (κ1) is 20.8. The molecular weight excluding hydrogens is 369 g/mol. The SMILES string of the molecule is COCOc1ccc(C2(O)CC3COCC(C2)N3C(=O)OC(C)(C)C)c(F)c1. The molecule has 2 fully saturated rings. The van der Waals surface area contributed by atoms with E-state index in [9.17, 15) is 14.3 Å². The summed E-state index contributed by atoms with van der Waals surface area (Å²) in [6.45, 7) is 5.97. The number of ether oxygens (including phenoxy) is 4. The van der Waals surface area contributed by atoms with Crippen LogP contribution < -0.4 is 4.74 Å². The van der Waals surface area contributed by atoms with E-state index in [1.807, 2.05) is 0 Å². The minimum Gasteiger partial charge on any atom is -0.467 e. The second-order valence-corrected chi connectivity index (χ2v) is 8.37. The Morgan fingerprint density at radius 1 is 1.32 bits per heavy atom. The Kier molecular flexibility index (Phi) is 5.84. The molecule has 0 aromatic heterocycles. The standard InChI is InChI=1S/C20H28FNO6/c1-19(2,3)28-18(23)22-13-8-20(24,9-14(22)11-26-10-13)16-6-5-15(7-17(16)21)27-12-25-4/h5-7,13-14,24H,8-12H2,1-4H3. The van der Waals surface area contributed by atoms with Crippen molar-refractivity contribution < 1.29 is 33.2 Å². The zero-order valence-electron chi connectivity index (χ0n) is 16.7.